The molecule has 0 aliphatic carbocycles. The predicted octanol–water partition coefficient (Wildman–Crippen LogP) is 3.46. The maximum atomic E-state index is 12.3. The van der Waals surface area contributed by atoms with Crippen LogP contribution in [-0.4, -0.2) is 19.1 Å². The van der Waals surface area contributed by atoms with Gasteiger partial charge in [-0.25, -0.2) is 0 Å². The Labute approximate surface area is 133 Å². The maximum absolute atomic E-state index is 12.3. The number of hydrogen-bond donors (Lipinski definition) is 2. The minimum atomic E-state index is -0.372. The number of rotatable bonds is 7. The van der Waals surface area contributed by atoms with E-state index in [0.717, 1.165) is 17.9 Å². The first kappa shape index (κ1) is 19.7. The molecule has 5 heteroatoms. The highest BCUT2D eigenvalue weighted by Crippen LogP contribution is 2.27. The second-order valence-electron chi connectivity index (χ2n) is 6.10. The number of nitrogens with two attached hydrogens (primary N) is 1. The molecule has 0 atom stereocenters. The summed E-state index contributed by atoms with van der Waals surface area (Å²) in [6.07, 6.45) is 0.858. The summed E-state index contributed by atoms with van der Waals surface area (Å²) >= 11 is 0. The molecule has 0 aliphatic heterocycles. The largest absolute Gasteiger partial charge is 0.492 e. The van der Waals surface area contributed by atoms with Gasteiger partial charge < -0.3 is 15.8 Å². The van der Waals surface area contributed by atoms with E-state index in [0.29, 0.717) is 19.1 Å². The highest BCUT2D eigenvalue weighted by molar-refractivity contribution is 5.94. The molecule has 1 aromatic rings. The highest BCUT2D eigenvalue weighted by Gasteiger charge is 2.28. The molecule has 0 spiro atoms. The van der Waals surface area contributed by atoms with Crippen molar-refractivity contribution in [3.8, 4) is 5.75 Å². The molecular formula is C16H27ClN2O2. The summed E-state index contributed by atoms with van der Waals surface area (Å²) < 4.78 is 5.40. The van der Waals surface area contributed by atoms with Gasteiger partial charge in [0.25, 0.3) is 0 Å². The summed E-state index contributed by atoms with van der Waals surface area (Å²) in [6.45, 7) is 9.17. The van der Waals surface area contributed by atoms with Gasteiger partial charge in [-0.2, -0.15) is 0 Å². The molecule has 0 aliphatic rings. The highest BCUT2D eigenvalue weighted by atomic mass is 35.5. The number of ether oxygens (including phenoxy) is 1. The second-order valence-corrected chi connectivity index (χ2v) is 6.10. The lowest BCUT2D eigenvalue weighted by Gasteiger charge is -2.25. The van der Waals surface area contributed by atoms with E-state index in [4.69, 9.17) is 10.5 Å². The minimum Gasteiger partial charge on any atom is -0.492 e. The number of hydrogen-bond acceptors (Lipinski definition) is 3. The lowest BCUT2D eigenvalue weighted by molar-refractivity contribution is -0.124. The Hall–Kier alpha value is -1.26. The third-order valence-corrected chi connectivity index (χ3v) is 3.03. The van der Waals surface area contributed by atoms with Gasteiger partial charge in [-0.15, -0.1) is 12.4 Å². The van der Waals surface area contributed by atoms with Crippen LogP contribution in [0.5, 0.6) is 5.75 Å². The van der Waals surface area contributed by atoms with E-state index >= 15 is 0 Å². The van der Waals surface area contributed by atoms with Crippen molar-refractivity contribution in [2.75, 3.05) is 18.5 Å². The van der Waals surface area contributed by atoms with Gasteiger partial charge in [-0.05, 0) is 36.6 Å². The Balaban J connectivity index is 0.00000400. The summed E-state index contributed by atoms with van der Waals surface area (Å²) in [7, 11) is 0. The Kier molecular flexibility index (Phi) is 8.37. The van der Waals surface area contributed by atoms with E-state index in [1.807, 2.05) is 38.1 Å². The van der Waals surface area contributed by atoms with Crippen LogP contribution in [0, 0.1) is 11.3 Å². The van der Waals surface area contributed by atoms with Crippen molar-refractivity contribution in [1.82, 2.24) is 0 Å². The molecule has 0 unspecified atom stereocenters. The fourth-order valence-electron chi connectivity index (χ4n) is 2.22. The molecule has 0 fully saturated rings. The molecule has 4 nitrogen and oxygen atoms in total. The van der Waals surface area contributed by atoms with Gasteiger partial charge in [0.15, 0.2) is 0 Å². The molecule has 1 aromatic carbocycles. The molecule has 3 N–H and O–H groups in total. The number of nitrogens with one attached hydrogen (secondary N) is 1. The molecule has 1 amide bonds. The molecule has 120 valence electrons. The zero-order valence-corrected chi connectivity index (χ0v) is 14.1. The van der Waals surface area contributed by atoms with Crippen molar-refractivity contribution in [1.29, 1.82) is 0 Å². The van der Waals surface area contributed by atoms with Crippen LogP contribution in [0.15, 0.2) is 24.3 Å². The van der Waals surface area contributed by atoms with E-state index < -0.39 is 0 Å². The SMILES string of the molecule is CC(C)CC(C)(C)C(=O)Nc1ccc(OCCN)cc1.Cl. The van der Waals surface area contributed by atoms with Crippen molar-refractivity contribution in [2.45, 2.75) is 34.1 Å². The van der Waals surface area contributed by atoms with Crippen LogP contribution in [-0.2, 0) is 4.79 Å². The van der Waals surface area contributed by atoms with E-state index in [1.54, 1.807) is 0 Å². The van der Waals surface area contributed by atoms with Crippen molar-refractivity contribution >= 4 is 24.0 Å². The van der Waals surface area contributed by atoms with Crippen molar-refractivity contribution < 1.29 is 9.53 Å². The van der Waals surface area contributed by atoms with Gasteiger partial charge in [0.1, 0.15) is 12.4 Å². The van der Waals surface area contributed by atoms with E-state index in [9.17, 15) is 4.79 Å². The van der Waals surface area contributed by atoms with Crippen LogP contribution in [0.2, 0.25) is 0 Å². The third-order valence-electron chi connectivity index (χ3n) is 3.03. The number of carbonyl (C=O) groups excluding carboxylic acids is 1. The number of carbonyl (C=O) groups is 1. The monoisotopic (exact) mass is 314 g/mol. The first-order valence-corrected chi connectivity index (χ1v) is 7.09. The number of anilines is 1. The van der Waals surface area contributed by atoms with Gasteiger partial charge in [-0.3, -0.25) is 4.79 Å². The van der Waals surface area contributed by atoms with Gasteiger partial charge in [0, 0.05) is 17.6 Å². The molecule has 21 heavy (non-hydrogen) atoms. The van der Waals surface area contributed by atoms with Gasteiger partial charge in [0.2, 0.25) is 5.91 Å². The van der Waals surface area contributed by atoms with Gasteiger partial charge in [0.05, 0.1) is 0 Å². The molecular weight excluding hydrogens is 288 g/mol. The third kappa shape index (κ3) is 6.82. The quantitative estimate of drug-likeness (QED) is 0.810. The smallest absolute Gasteiger partial charge is 0.230 e. The summed E-state index contributed by atoms with van der Waals surface area (Å²) in [5.74, 6) is 1.29. The normalized spacial score (nSPS) is 11.0. The second kappa shape index (κ2) is 8.90. The molecule has 1 rings (SSSR count). The molecule has 0 radical (unpaired) electrons. The van der Waals surface area contributed by atoms with Crippen LogP contribution in [0.3, 0.4) is 0 Å². The topological polar surface area (TPSA) is 64.3 Å². The lowest BCUT2D eigenvalue weighted by Crippen LogP contribution is -2.32. The predicted molar refractivity (Wildman–Crippen MR) is 90.1 cm³/mol. The summed E-state index contributed by atoms with van der Waals surface area (Å²) in [5, 5.41) is 2.95. The van der Waals surface area contributed by atoms with Crippen LogP contribution in [0.1, 0.15) is 34.1 Å². The molecule has 0 heterocycles. The zero-order valence-electron chi connectivity index (χ0n) is 13.3. The van der Waals surface area contributed by atoms with E-state index in [2.05, 4.69) is 19.2 Å². The van der Waals surface area contributed by atoms with E-state index in [-0.39, 0.29) is 23.7 Å². The minimum absolute atomic E-state index is 0. The van der Waals surface area contributed by atoms with E-state index in [1.165, 1.54) is 0 Å². The van der Waals surface area contributed by atoms with Crippen molar-refractivity contribution in [3.05, 3.63) is 24.3 Å². The Bertz CT molecular complexity index is 430. The van der Waals surface area contributed by atoms with Crippen LogP contribution in [0.4, 0.5) is 5.69 Å². The Morgan fingerprint density at radius 2 is 1.86 bits per heavy atom. The first-order valence-electron chi connectivity index (χ1n) is 7.09. The average Bonchev–Trinajstić information content (AvgIpc) is 2.36. The molecule has 0 bridgehead atoms. The number of benzene rings is 1. The fourth-order valence-corrected chi connectivity index (χ4v) is 2.22. The first-order chi connectivity index (χ1) is 9.35. The molecule has 0 aromatic heterocycles. The number of halogens is 1. The van der Waals surface area contributed by atoms with Gasteiger partial charge in [-0.1, -0.05) is 27.7 Å². The lowest BCUT2D eigenvalue weighted by atomic mass is 9.83. The summed E-state index contributed by atoms with van der Waals surface area (Å²) in [5.41, 5.74) is 5.79. The number of amides is 1. The Morgan fingerprint density at radius 1 is 1.29 bits per heavy atom. The standard InChI is InChI=1S/C16H26N2O2.ClH/c1-12(2)11-16(3,4)15(19)18-13-5-7-14(8-6-13)20-10-9-17;/h5-8,12H,9-11,17H2,1-4H3,(H,18,19);1H. The zero-order chi connectivity index (χ0) is 15.2. The fraction of sp³-hybridized carbons (Fsp3) is 0.562. The van der Waals surface area contributed by atoms with Crippen molar-refractivity contribution in [3.63, 3.8) is 0 Å². The molecule has 0 saturated carbocycles. The van der Waals surface area contributed by atoms with Crippen LogP contribution < -0.4 is 15.8 Å². The Morgan fingerprint density at radius 3 is 2.33 bits per heavy atom. The van der Waals surface area contributed by atoms with Crippen LogP contribution >= 0.6 is 12.4 Å². The summed E-state index contributed by atoms with van der Waals surface area (Å²) in [6, 6.07) is 7.35. The van der Waals surface area contributed by atoms with Crippen molar-refractivity contribution in [2.24, 2.45) is 17.1 Å². The maximum Gasteiger partial charge on any atom is 0.230 e. The average molecular weight is 315 g/mol. The van der Waals surface area contributed by atoms with Crippen LogP contribution in [0.25, 0.3) is 0 Å². The molecule has 0 saturated heterocycles. The summed E-state index contributed by atoms with van der Waals surface area (Å²) in [4.78, 5) is 12.3. The van der Waals surface area contributed by atoms with Gasteiger partial charge >= 0.3 is 0 Å².